The van der Waals surface area contributed by atoms with Crippen molar-refractivity contribution in [2.24, 2.45) is 5.73 Å². The van der Waals surface area contributed by atoms with Crippen molar-refractivity contribution in [3.05, 3.63) is 46.5 Å². The molecule has 3 rings (SSSR count). The van der Waals surface area contributed by atoms with E-state index >= 15 is 0 Å². The SMILES string of the molecule is N=C(N)Nc1ncc(CN2C(O)c3ccccc3C2O)s1. The highest BCUT2D eigenvalue weighted by molar-refractivity contribution is 7.15. The van der Waals surface area contributed by atoms with Crippen LogP contribution in [0.1, 0.15) is 28.5 Å². The molecule has 2 unspecified atom stereocenters. The minimum Gasteiger partial charge on any atom is -0.374 e. The minimum atomic E-state index is -0.845. The number of hydrogen-bond donors (Lipinski definition) is 5. The lowest BCUT2D eigenvalue weighted by atomic mass is 10.1. The smallest absolute Gasteiger partial charge is 0.192 e. The Balaban J connectivity index is 1.77. The largest absolute Gasteiger partial charge is 0.374 e. The normalized spacial score (nSPS) is 21.2. The Morgan fingerprint density at radius 1 is 1.33 bits per heavy atom. The first-order valence-electron chi connectivity index (χ1n) is 6.32. The number of nitrogens with zero attached hydrogens (tertiary/aromatic N) is 2. The van der Waals surface area contributed by atoms with Crippen LogP contribution in [0.15, 0.2) is 30.5 Å². The van der Waals surface area contributed by atoms with Crippen molar-refractivity contribution in [1.82, 2.24) is 9.88 Å². The maximum absolute atomic E-state index is 10.3. The highest BCUT2D eigenvalue weighted by atomic mass is 32.1. The van der Waals surface area contributed by atoms with Crippen molar-refractivity contribution in [2.75, 3.05) is 5.32 Å². The molecule has 6 N–H and O–H groups in total. The van der Waals surface area contributed by atoms with Gasteiger partial charge in [0.2, 0.25) is 0 Å². The van der Waals surface area contributed by atoms with Gasteiger partial charge in [0.05, 0.1) is 0 Å². The first-order chi connectivity index (χ1) is 10.1. The average molecular weight is 305 g/mol. The molecule has 2 aromatic rings. The van der Waals surface area contributed by atoms with Crippen molar-refractivity contribution in [3.63, 3.8) is 0 Å². The molecular formula is C13H15N5O2S. The van der Waals surface area contributed by atoms with Crippen LogP contribution in [-0.2, 0) is 6.54 Å². The number of fused-ring (bicyclic) bond motifs is 1. The summed E-state index contributed by atoms with van der Waals surface area (Å²) in [4.78, 5) is 6.52. The number of aliphatic hydroxyl groups is 2. The van der Waals surface area contributed by atoms with Gasteiger partial charge in [-0.2, -0.15) is 0 Å². The van der Waals surface area contributed by atoms with Crippen LogP contribution in [0.3, 0.4) is 0 Å². The van der Waals surface area contributed by atoms with Gasteiger partial charge in [0, 0.05) is 28.7 Å². The van der Waals surface area contributed by atoms with Crippen LogP contribution < -0.4 is 11.1 Å². The highest BCUT2D eigenvalue weighted by Gasteiger charge is 2.36. The molecule has 2 heterocycles. The molecule has 0 saturated carbocycles. The van der Waals surface area contributed by atoms with Crippen LogP contribution in [0.25, 0.3) is 0 Å². The van der Waals surface area contributed by atoms with Crippen LogP contribution in [0, 0.1) is 5.41 Å². The van der Waals surface area contributed by atoms with Gasteiger partial charge in [0.25, 0.3) is 0 Å². The zero-order chi connectivity index (χ0) is 15.0. The molecule has 21 heavy (non-hydrogen) atoms. The molecule has 0 bridgehead atoms. The summed E-state index contributed by atoms with van der Waals surface area (Å²) in [5.74, 6) is -0.176. The molecule has 0 saturated heterocycles. The molecular weight excluding hydrogens is 290 g/mol. The van der Waals surface area contributed by atoms with E-state index in [1.807, 2.05) is 12.1 Å². The molecule has 2 atom stereocenters. The van der Waals surface area contributed by atoms with E-state index in [2.05, 4.69) is 10.3 Å². The van der Waals surface area contributed by atoms with Gasteiger partial charge in [-0.1, -0.05) is 24.3 Å². The molecule has 7 nitrogen and oxygen atoms in total. The Bertz CT molecular complexity index is 645. The number of guanidine groups is 1. The summed E-state index contributed by atoms with van der Waals surface area (Å²) in [6.45, 7) is 0.355. The Morgan fingerprint density at radius 3 is 2.52 bits per heavy atom. The van der Waals surface area contributed by atoms with Crippen LogP contribution in [0.4, 0.5) is 5.13 Å². The molecule has 1 aliphatic heterocycles. The molecule has 0 amide bonds. The van der Waals surface area contributed by atoms with Gasteiger partial charge in [-0.15, -0.1) is 11.3 Å². The maximum Gasteiger partial charge on any atom is 0.192 e. The van der Waals surface area contributed by atoms with Crippen molar-refractivity contribution in [3.8, 4) is 0 Å². The molecule has 0 spiro atoms. The number of thiazole rings is 1. The summed E-state index contributed by atoms with van der Waals surface area (Å²) < 4.78 is 0. The number of aliphatic hydroxyl groups excluding tert-OH is 2. The van der Waals surface area contributed by atoms with E-state index < -0.39 is 12.5 Å². The number of benzene rings is 1. The zero-order valence-corrected chi connectivity index (χ0v) is 11.8. The minimum absolute atomic E-state index is 0.176. The number of aromatic nitrogens is 1. The molecule has 1 aromatic heterocycles. The van der Waals surface area contributed by atoms with Gasteiger partial charge in [0.15, 0.2) is 11.1 Å². The summed E-state index contributed by atoms with van der Waals surface area (Å²) in [5, 5.41) is 30.9. The third-order valence-corrected chi connectivity index (χ3v) is 4.21. The van der Waals surface area contributed by atoms with Crippen LogP contribution >= 0.6 is 11.3 Å². The second-order valence-electron chi connectivity index (χ2n) is 4.72. The number of rotatable bonds is 3. The third-order valence-electron chi connectivity index (χ3n) is 3.31. The Morgan fingerprint density at radius 2 is 1.95 bits per heavy atom. The van der Waals surface area contributed by atoms with E-state index in [4.69, 9.17) is 11.1 Å². The Hall–Kier alpha value is -2.00. The van der Waals surface area contributed by atoms with Gasteiger partial charge in [-0.05, 0) is 0 Å². The second kappa shape index (κ2) is 5.41. The second-order valence-corrected chi connectivity index (χ2v) is 5.83. The number of hydrogen-bond acceptors (Lipinski definition) is 6. The summed E-state index contributed by atoms with van der Waals surface area (Å²) >= 11 is 1.32. The van der Waals surface area contributed by atoms with E-state index in [0.717, 1.165) is 16.0 Å². The molecule has 110 valence electrons. The molecule has 0 radical (unpaired) electrons. The highest BCUT2D eigenvalue weighted by Crippen LogP contribution is 2.40. The van der Waals surface area contributed by atoms with E-state index in [1.165, 1.54) is 11.3 Å². The first-order valence-corrected chi connectivity index (χ1v) is 7.14. The average Bonchev–Trinajstić information content (AvgIpc) is 2.98. The van der Waals surface area contributed by atoms with Crippen molar-refractivity contribution >= 4 is 22.4 Å². The van der Waals surface area contributed by atoms with E-state index in [0.29, 0.717) is 11.7 Å². The monoisotopic (exact) mass is 305 g/mol. The fourth-order valence-electron chi connectivity index (χ4n) is 2.38. The zero-order valence-electron chi connectivity index (χ0n) is 11.0. The summed E-state index contributed by atoms with van der Waals surface area (Å²) in [6.07, 6.45) is -0.0525. The van der Waals surface area contributed by atoms with Crippen molar-refractivity contribution in [2.45, 2.75) is 19.0 Å². The van der Waals surface area contributed by atoms with Crippen molar-refractivity contribution in [1.29, 1.82) is 5.41 Å². The van der Waals surface area contributed by atoms with E-state index in [-0.39, 0.29) is 5.96 Å². The lowest BCUT2D eigenvalue weighted by Gasteiger charge is -2.23. The standard InChI is InChI=1S/C13H15N5O2S/c14-12(15)17-13-16-5-7(21-13)6-18-10(19)8-3-1-2-4-9(8)11(18)20/h1-5,10-11,19-20H,6H2,(H4,14,15,16,17). The Kier molecular flexibility index (Phi) is 3.60. The molecule has 8 heteroatoms. The van der Waals surface area contributed by atoms with E-state index in [9.17, 15) is 10.2 Å². The van der Waals surface area contributed by atoms with Crippen LogP contribution in [0.2, 0.25) is 0 Å². The quantitative estimate of drug-likeness (QED) is 0.425. The predicted molar refractivity (Wildman–Crippen MR) is 79.6 cm³/mol. The lowest BCUT2D eigenvalue weighted by molar-refractivity contribution is -0.0896. The van der Waals surface area contributed by atoms with Gasteiger partial charge < -0.3 is 21.3 Å². The fourth-order valence-corrected chi connectivity index (χ4v) is 3.21. The topological polar surface area (TPSA) is 118 Å². The third kappa shape index (κ3) is 2.61. The first kappa shape index (κ1) is 14.0. The summed E-state index contributed by atoms with van der Waals surface area (Å²) in [5.41, 5.74) is 6.69. The van der Waals surface area contributed by atoms with Crippen LogP contribution in [0.5, 0.6) is 0 Å². The summed E-state index contributed by atoms with van der Waals surface area (Å²) in [6, 6.07) is 7.27. The van der Waals surface area contributed by atoms with Crippen molar-refractivity contribution < 1.29 is 10.2 Å². The maximum atomic E-state index is 10.3. The molecule has 1 aliphatic rings. The molecule has 0 fully saturated rings. The van der Waals surface area contributed by atoms with Crippen LogP contribution in [-0.4, -0.2) is 26.1 Å². The number of anilines is 1. The lowest BCUT2D eigenvalue weighted by Crippen LogP contribution is -2.25. The predicted octanol–water partition coefficient (Wildman–Crippen LogP) is 0.946. The number of nitrogens with two attached hydrogens (primary N) is 1. The van der Waals surface area contributed by atoms with E-state index in [1.54, 1.807) is 23.2 Å². The Labute approximate surface area is 125 Å². The fraction of sp³-hybridized carbons (Fsp3) is 0.231. The van der Waals surface area contributed by atoms with Gasteiger partial charge in [-0.25, -0.2) is 9.88 Å². The van der Waals surface area contributed by atoms with Gasteiger partial charge in [0.1, 0.15) is 12.5 Å². The number of nitrogens with one attached hydrogen (secondary N) is 2. The summed E-state index contributed by atoms with van der Waals surface area (Å²) in [7, 11) is 0. The van der Waals surface area contributed by atoms with Gasteiger partial charge in [-0.3, -0.25) is 5.41 Å². The molecule has 0 aliphatic carbocycles. The molecule has 1 aromatic carbocycles. The van der Waals surface area contributed by atoms with Gasteiger partial charge >= 0.3 is 0 Å².